The van der Waals surface area contributed by atoms with Gasteiger partial charge in [-0.25, -0.2) is 0 Å². The molecule has 0 amide bonds. The fourth-order valence-electron chi connectivity index (χ4n) is 2.26. The number of aliphatic carboxylic acids is 1. The molecule has 2 atom stereocenters. The molecule has 0 aromatic heterocycles. The van der Waals surface area contributed by atoms with Crippen molar-refractivity contribution in [3.8, 4) is 0 Å². The van der Waals surface area contributed by atoms with Crippen molar-refractivity contribution in [2.75, 3.05) is 0 Å². The highest BCUT2D eigenvalue weighted by Gasteiger charge is 2.37. The lowest BCUT2D eigenvalue weighted by atomic mass is 9.80. The maximum Gasteiger partial charge on any atom is 0.310 e. The minimum atomic E-state index is -0.907. The van der Waals surface area contributed by atoms with E-state index in [4.69, 9.17) is 4.74 Å². The van der Waals surface area contributed by atoms with E-state index in [9.17, 15) is 14.7 Å². The van der Waals surface area contributed by atoms with E-state index in [1.807, 2.05) is 27.7 Å². The maximum atomic E-state index is 12.3. The van der Waals surface area contributed by atoms with Crippen molar-refractivity contribution in [3.05, 3.63) is 0 Å². The first-order valence-corrected chi connectivity index (χ1v) is 7.39. The molecule has 0 aliphatic carbocycles. The highest BCUT2D eigenvalue weighted by molar-refractivity contribution is 5.81. The van der Waals surface area contributed by atoms with E-state index in [1.54, 1.807) is 20.8 Å². The molecule has 20 heavy (non-hydrogen) atoms. The van der Waals surface area contributed by atoms with E-state index in [0.717, 1.165) is 0 Å². The zero-order chi connectivity index (χ0) is 16.1. The summed E-state index contributed by atoms with van der Waals surface area (Å²) in [6, 6.07) is 0. The summed E-state index contributed by atoms with van der Waals surface area (Å²) in [5, 5.41) is 9.44. The Morgan fingerprint density at radius 3 is 1.65 bits per heavy atom. The van der Waals surface area contributed by atoms with Crippen molar-refractivity contribution in [2.45, 2.75) is 66.9 Å². The fraction of sp³-hybridized carbons (Fsp3) is 0.875. The van der Waals surface area contributed by atoms with Crippen molar-refractivity contribution >= 4 is 11.9 Å². The molecule has 0 spiro atoms. The molecule has 0 aliphatic rings. The number of hydrogen-bond donors (Lipinski definition) is 1. The Labute approximate surface area is 122 Å². The van der Waals surface area contributed by atoms with Crippen LogP contribution in [0.1, 0.15) is 61.3 Å². The molecule has 1 N–H and O–H groups in total. The number of ether oxygens (including phenoxy) is 1. The van der Waals surface area contributed by atoms with Gasteiger partial charge in [0.1, 0.15) is 5.60 Å². The van der Waals surface area contributed by atoms with E-state index < -0.39 is 23.4 Å². The number of carboxylic acid groups (broad SMARTS) is 1. The lowest BCUT2D eigenvalue weighted by Gasteiger charge is -2.29. The summed E-state index contributed by atoms with van der Waals surface area (Å²) >= 11 is 0. The van der Waals surface area contributed by atoms with Gasteiger partial charge in [0.15, 0.2) is 0 Å². The quantitative estimate of drug-likeness (QED) is 0.724. The van der Waals surface area contributed by atoms with Crippen LogP contribution < -0.4 is 0 Å². The van der Waals surface area contributed by atoms with Gasteiger partial charge in [-0.2, -0.15) is 0 Å². The number of hydrogen-bond acceptors (Lipinski definition) is 3. The predicted octanol–water partition coefficient (Wildman–Crippen LogP) is 3.74. The number of esters is 1. The van der Waals surface area contributed by atoms with Gasteiger partial charge in [-0.1, -0.05) is 27.7 Å². The molecule has 0 rings (SSSR count). The second-order valence-corrected chi connectivity index (χ2v) is 7.34. The Kier molecular flexibility index (Phi) is 7.25. The standard InChI is InChI=1S/C16H30O4/c1-10(2)8-12(14(17)18)13(9-11(3)4)15(19)20-16(5,6)7/h10-13H,8-9H2,1-7H3,(H,17,18). The van der Waals surface area contributed by atoms with Crippen LogP contribution in [0.15, 0.2) is 0 Å². The van der Waals surface area contributed by atoms with Gasteiger partial charge in [0.2, 0.25) is 0 Å². The first-order valence-electron chi connectivity index (χ1n) is 7.39. The Bertz CT molecular complexity index is 326. The SMILES string of the molecule is CC(C)CC(C(=O)O)C(CC(C)C)C(=O)OC(C)(C)C. The van der Waals surface area contributed by atoms with Crippen molar-refractivity contribution in [3.63, 3.8) is 0 Å². The van der Waals surface area contributed by atoms with Gasteiger partial charge in [-0.3, -0.25) is 9.59 Å². The Morgan fingerprint density at radius 1 is 0.950 bits per heavy atom. The molecule has 0 radical (unpaired) electrons. The third-order valence-electron chi connectivity index (χ3n) is 2.96. The van der Waals surface area contributed by atoms with E-state index >= 15 is 0 Å². The van der Waals surface area contributed by atoms with Crippen LogP contribution in [0, 0.1) is 23.7 Å². The van der Waals surface area contributed by atoms with Crippen molar-refractivity contribution in [1.82, 2.24) is 0 Å². The Hall–Kier alpha value is -1.06. The van der Waals surface area contributed by atoms with Crippen LogP contribution in [0.25, 0.3) is 0 Å². The average molecular weight is 286 g/mol. The van der Waals surface area contributed by atoms with E-state index in [0.29, 0.717) is 12.8 Å². The van der Waals surface area contributed by atoms with Crippen LogP contribution >= 0.6 is 0 Å². The lowest BCUT2D eigenvalue weighted by Crippen LogP contribution is -2.37. The van der Waals surface area contributed by atoms with Crippen LogP contribution in [0.5, 0.6) is 0 Å². The normalized spacial score (nSPS) is 15.2. The van der Waals surface area contributed by atoms with Crippen LogP contribution in [0.3, 0.4) is 0 Å². The summed E-state index contributed by atoms with van der Waals surface area (Å²) in [7, 11) is 0. The number of carbonyl (C=O) groups excluding carboxylic acids is 1. The monoisotopic (exact) mass is 286 g/mol. The Morgan fingerprint density at radius 2 is 1.35 bits per heavy atom. The largest absolute Gasteiger partial charge is 0.481 e. The van der Waals surface area contributed by atoms with E-state index in [-0.39, 0.29) is 17.8 Å². The van der Waals surface area contributed by atoms with Crippen molar-refractivity contribution < 1.29 is 19.4 Å². The average Bonchev–Trinajstić information content (AvgIpc) is 2.19. The molecule has 0 bridgehead atoms. The summed E-state index contributed by atoms with van der Waals surface area (Å²) in [6.07, 6.45) is 1.03. The van der Waals surface area contributed by atoms with Gasteiger partial charge in [-0.05, 0) is 45.4 Å². The van der Waals surface area contributed by atoms with E-state index in [1.165, 1.54) is 0 Å². The highest BCUT2D eigenvalue weighted by Crippen LogP contribution is 2.29. The van der Waals surface area contributed by atoms with Gasteiger partial charge in [0.05, 0.1) is 11.8 Å². The van der Waals surface area contributed by atoms with Gasteiger partial charge in [0.25, 0.3) is 0 Å². The van der Waals surface area contributed by atoms with Gasteiger partial charge in [0, 0.05) is 0 Å². The van der Waals surface area contributed by atoms with Gasteiger partial charge < -0.3 is 9.84 Å². The van der Waals surface area contributed by atoms with E-state index in [2.05, 4.69) is 0 Å². The summed E-state index contributed by atoms with van der Waals surface area (Å²) in [5.41, 5.74) is -0.590. The molecular formula is C16H30O4. The first-order chi connectivity index (χ1) is 8.94. The molecule has 2 unspecified atom stereocenters. The number of carbonyl (C=O) groups is 2. The lowest BCUT2D eigenvalue weighted by molar-refractivity contribution is -0.167. The summed E-state index contributed by atoms with van der Waals surface area (Å²) < 4.78 is 5.41. The second-order valence-electron chi connectivity index (χ2n) is 7.34. The van der Waals surface area contributed by atoms with Crippen molar-refractivity contribution in [1.29, 1.82) is 0 Å². The number of rotatable bonds is 7. The van der Waals surface area contributed by atoms with Crippen LogP contribution in [0.4, 0.5) is 0 Å². The summed E-state index contributed by atoms with van der Waals surface area (Å²) in [5.74, 6) is -2.06. The molecule has 0 saturated heterocycles. The third-order valence-corrected chi connectivity index (χ3v) is 2.96. The predicted molar refractivity (Wildman–Crippen MR) is 79.4 cm³/mol. The third kappa shape index (κ3) is 7.51. The molecule has 0 saturated carbocycles. The molecule has 0 aliphatic heterocycles. The zero-order valence-electron chi connectivity index (χ0n) is 13.9. The highest BCUT2D eigenvalue weighted by atomic mass is 16.6. The summed E-state index contributed by atoms with van der Waals surface area (Å²) in [6.45, 7) is 13.3. The molecular weight excluding hydrogens is 256 g/mol. The fourth-order valence-corrected chi connectivity index (χ4v) is 2.26. The van der Waals surface area contributed by atoms with Crippen LogP contribution in [-0.2, 0) is 14.3 Å². The van der Waals surface area contributed by atoms with Gasteiger partial charge in [-0.15, -0.1) is 0 Å². The molecule has 0 fully saturated rings. The van der Waals surface area contributed by atoms with Crippen LogP contribution in [-0.4, -0.2) is 22.6 Å². The summed E-state index contributed by atoms with van der Waals surface area (Å²) in [4.78, 5) is 23.9. The molecule has 4 nitrogen and oxygen atoms in total. The maximum absolute atomic E-state index is 12.3. The number of carboxylic acids is 1. The first kappa shape index (κ1) is 18.9. The van der Waals surface area contributed by atoms with Crippen molar-refractivity contribution in [2.24, 2.45) is 23.7 Å². The van der Waals surface area contributed by atoms with Gasteiger partial charge >= 0.3 is 11.9 Å². The molecule has 0 heterocycles. The second kappa shape index (κ2) is 7.65. The minimum absolute atomic E-state index is 0.230. The Balaban J connectivity index is 5.18. The molecule has 118 valence electrons. The minimum Gasteiger partial charge on any atom is -0.481 e. The smallest absolute Gasteiger partial charge is 0.310 e. The zero-order valence-corrected chi connectivity index (χ0v) is 13.9. The van der Waals surface area contributed by atoms with Crippen LogP contribution in [0.2, 0.25) is 0 Å². The topological polar surface area (TPSA) is 63.6 Å². The molecule has 4 heteroatoms. The molecule has 0 aromatic carbocycles. The molecule has 0 aromatic rings.